The summed E-state index contributed by atoms with van der Waals surface area (Å²) in [6.07, 6.45) is 0. The van der Waals surface area contributed by atoms with Crippen LogP contribution in [-0.2, 0) is 4.79 Å². The van der Waals surface area contributed by atoms with E-state index in [0.29, 0.717) is 16.9 Å². The number of benzene rings is 2. The number of phenolic OH excluding ortho intramolecular Hbond substituents is 1. The van der Waals surface area contributed by atoms with E-state index in [4.69, 9.17) is 4.74 Å². The third kappa shape index (κ3) is 3.01. The van der Waals surface area contributed by atoms with Crippen molar-refractivity contribution in [2.24, 2.45) is 0 Å². The third-order valence-electron chi connectivity index (χ3n) is 2.61. The molecule has 2 aromatic rings. The number of ether oxygens (including phenoxy) is 1. The predicted octanol–water partition coefficient (Wildman–Crippen LogP) is 3.54. The molecule has 2 rings (SSSR count). The highest BCUT2D eigenvalue weighted by molar-refractivity contribution is 5.89. The van der Waals surface area contributed by atoms with Gasteiger partial charge in [-0.15, -0.1) is 0 Å². The van der Waals surface area contributed by atoms with Gasteiger partial charge < -0.3 is 9.84 Å². The average molecular weight is 254 g/mol. The summed E-state index contributed by atoms with van der Waals surface area (Å²) in [6, 6.07) is 14.0. The Morgan fingerprint density at radius 3 is 2.58 bits per heavy atom. The van der Waals surface area contributed by atoms with E-state index in [2.05, 4.69) is 6.58 Å². The first-order valence-corrected chi connectivity index (χ1v) is 5.84. The smallest absolute Gasteiger partial charge is 0.338 e. The summed E-state index contributed by atoms with van der Waals surface area (Å²) in [5, 5.41) is 9.80. The number of hydrogen-bond acceptors (Lipinski definition) is 3. The maximum Gasteiger partial charge on any atom is 0.338 e. The van der Waals surface area contributed by atoms with Crippen molar-refractivity contribution in [3.8, 4) is 22.6 Å². The van der Waals surface area contributed by atoms with E-state index < -0.39 is 5.97 Å². The number of rotatable bonds is 3. The molecule has 0 heterocycles. The highest BCUT2D eigenvalue weighted by Gasteiger charge is 2.08. The Balaban J connectivity index is 2.32. The lowest BCUT2D eigenvalue weighted by Crippen LogP contribution is -2.08. The normalized spacial score (nSPS) is 9.95. The van der Waals surface area contributed by atoms with E-state index in [1.165, 1.54) is 0 Å². The lowest BCUT2D eigenvalue weighted by molar-refractivity contribution is -0.130. The van der Waals surface area contributed by atoms with Crippen LogP contribution < -0.4 is 4.74 Å². The van der Waals surface area contributed by atoms with Gasteiger partial charge in [0.15, 0.2) is 0 Å². The van der Waals surface area contributed by atoms with Gasteiger partial charge in [-0.25, -0.2) is 4.79 Å². The van der Waals surface area contributed by atoms with Gasteiger partial charge in [0, 0.05) is 11.1 Å². The van der Waals surface area contributed by atoms with Crippen LogP contribution >= 0.6 is 0 Å². The number of para-hydroxylation sites is 1. The van der Waals surface area contributed by atoms with Crippen LogP contribution in [0.15, 0.2) is 60.7 Å². The molecule has 0 saturated carbocycles. The van der Waals surface area contributed by atoms with E-state index in [0.717, 1.165) is 5.56 Å². The summed E-state index contributed by atoms with van der Waals surface area (Å²) in [6.45, 7) is 5.12. The molecule has 0 radical (unpaired) electrons. The molecule has 3 heteroatoms. The summed E-state index contributed by atoms with van der Waals surface area (Å²) in [7, 11) is 0. The molecule has 96 valence electrons. The van der Waals surface area contributed by atoms with Crippen LogP contribution in [0, 0.1) is 0 Å². The van der Waals surface area contributed by atoms with Crippen molar-refractivity contribution in [2.45, 2.75) is 6.92 Å². The van der Waals surface area contributed by atoms with Crippen molar-refractivity contribution >= 4 is 5.97 Å². The van der Waals surface area contributed by atoms with Gasteiger partial charge in [0.25, 0.3) is 0 Å². The number of aromatic hydroxyl groups is 1. The lowest BCUT2D eigenvalue weighted by atomic mass is 10.0. The zero-order valence-corrected chi connectivity index (χ0v) is 10.6. The molecule has 0 amide bonds. The number of hydrogen-bond donors (Lipinski definition) is 1. The quantitative estimate of drug-likeness (QED) is 0.517. The fourth-order valence-corrected chi connectivity index (χ4v) is 1.64. The minimum atomic E-state index is -0.463. The molecular formula is C16H14O3. The highest BCUT2D eigenvalue weighted by Crippen LogP contribution is 2.30. The maximum absolute atomic E-state index is 11.5. The maximum atomic E-state index is 11.5. The van der Waals surface area contributed by atoms with Gasteiger partial charge in [-0.1, -0.05) is 36.9 Å². The molecule has 0 fully saturated rings. The van der Waals surface area contributed by atoms with Gasteiger partial charge in [-0.3, -0.25) is 0 Å². The predicted molar refractivity (Wildman–Crippen MR) is 74.0 cm³/mol. The number of phenols is 1. The standard InChI is InChI=1S/C16H14O3/c1-11(2)16(18)19-13-7-5-6-12(10-13)14-8-3-4-9-15(14)17/h3-10,17H,1H2,2H3. The van der Waals surface area contributed by atoms with Crippen molar-refractivity contribution < 1.29 is 14.6 Å². The number of esters is 1. The Bertz CT molecular complexity index is 629. The third-order valence-corrected chi connectivity index (χ3v) is 2.61. The van der Waals surface area contributed by atoms with Crippen molar-refractivity contribution in [1.29, 1.82) is 0 Å². The minimum absolute atomic E-state index is 0.186. The van der Waals surface area contributed by atoms with Gasteiger partial charge in [-0.2, -0.15) is 0 Å². The molecule has 0 aliphatic heterocycles. The molecule has 0 bridgehead atoms. The van der Waals surface area contributed by atoms with Crippen molar-refractivity contribution in [1.82, 2.24) is 0 Å². The Morgan fingerprint density at radius 2 is 1.89 bits per heavy atom. The second-order valence-corrected chi connectivity index (χ2v) is 4.21. The van der Waals surface area contributed by atoms with Crippen LogP contribution in [0.4, 0.5) is 0 Å². The Morgan fingerprint density at radius 1 is 1.16 bits per heavy atom. The zero-order valence-electron chi connectivity index (χ0n) is 10.6. The first-order valence-electron chi connectivity index (χ1n) is 5.84. The summed E-state index contributed by atoms with van der Waals surface area (Å²) < 4.78 is 5.16. The van der Waals surface area contributed by atoms with Gasteiger partial charge in [-0.05, 0) is 30.7 Å². The zero-order chi connectivity index (χ0) is 13.8. The molecule has 0 spiro atoms. The van der Waals surface area contributed by atoms with Gasteiger partial charge in [0.2, 0.25) is 0 Å². The van der Waals surface area contributed by atoms with E-state index in [-0.39, 0.29) is 5.75 Å². The Hall–Kier alpha value is -2.55. The van der Waals surface area contributed by atoms with Crippen LogP contribution in [-0.4, -0.2) is 11.1 Å². The fraction of sp³-hybridized carbons (Fsp3) is 0.0625. The van der Waals surface area contributed by atoms with E-state index in [1.807, 2.05) is 12.1 Å². The van der Waals surface area contributed by atoms with Crippen LogP contribution in [0.5, 0.6) is 11.5 Å². The van der Waals surface area contributed by atoms with E-state index in [9.17, 15) is 9.90 Å². The molecule has 0 unspecified atom stereocenters. The lowest BCUT2D eigenvalue weighted by Gasteiger charge is -2.07. The second kappa shape index (κ2) is 5.40. The van der Waals surface area contributed by atoms with Crippen LogP contribution in [0.25, 0.3) is 11.1 Å². The molecule has 1 N–H and O–H groups in total. The Kier molecular flexibility index (Phi) is 3.66. The largest absolute Gasteiger partial charge is 0.507 e. The number of carbonyl (C=O) groups excluding carboxylic acids is 1. The molecule has 2 aromatic carbocycles. The van der Waals surface area contributed by atoms with Crippen LogP contribution in [0.3, 0.4) is 0 Å². The van der Waals surface area contributed by atoms with Crippen molar-refractivity contribution in [3.05, 3.63) is 60.7 Å². The molecule has 0 saturated heterocycles. The fourth-order valence-electron chi connectivity index (χ4n) is 1.64. The number of carbonyl (C=O) groups is 1. The average Bonchev–Trinajstić information content (AvgIpc) is 2.39. The summed E-state index contributed by atoms with van der Waals surface area (Å²) in [5.74, 6) is 0.147. The summed E-state index contributed by atoms with van der Waals surface area (Å²) >= 11 is 0. The minimum Gasteiger partial charge on any atom is -0.507 e. The second-order valence-electron chi connectivity index (χ2n) is 4.21. The molecule has 0 atom stereocenters. The highest BCUT2D eigenvalue weighted by atomic mass is 16.5. The van der Waals surface area contributed by atoms with E-state index in [1.54, 1.807) is 43.3 Å². The molecule has 0 aliphatic rings. The van der Waals surface area contributed by atoms with Gasteiger partial charge >= 0.3 is 5.97 Å². The van der Waals surface area contributed by atoms with Crippen molar-refractivity contribution in [2.75, 3.05) is 0 Å². The monoisotopic (exact) mass is 254 g/mol. The topological polar surface area (TPSA) is 46.5 Å². The first kappa shape index (κ1) is 12.9. The van der Waals surface area contributed by atoms with Crippen LogP contribution in [0.2, 0.25) is 0 Å². The molecule has 3 nitrogen and oxygen atoms in total. The summed E-state index contributed by atoms with van der Waals surface area (Å²) in [5.41, 5.74) is 1.81. The van der Waals surface area contributed by atoms with E-state index >= 15 is 0 Å². The Labute approximate surface area is 111 Å². The SMILES string of the molecule is C=C(C)C(=O)Oc1cccc(-c2ccccc2O)c1. The van der Waals surface area contributed by atoms with Gasteiger partial charge in [0.05, 0.1) is 0 Å². The summed E-state index contributed by atoms with van der Waals surface area (Å²) in [4.78, 5) is 11.5. The first-order chi connectivity index (χ1) is 9.08. The molecular weight excluding hydrogens is 240 g/mol. The molecule has 0 aliphatic carbocycles. The van der Waals surface area contributed by atoms with Crippen molar-refractivity contribution in [3.63, 3.8) is 0 Å². The van der Waals surface area contributed by atoms with Crippen LogP contribution in [0.1, 0.15) is 6.92 Å². The van der Waals surface area contributed by atoms with Gasteiger partial charge in [0.1, 0.15) is 11.5 Å². The molecule has 0 aromatic heterocycles. The molecule has 19 heavy (non-hydrogen) atoms.